The van der Waals surface area contributed by atoms with E-state index in [9.17, 15) is 14.4 Å². The summed E-state index contributed by atoms with van der Waals surface area (Å²) in [4.78, 5) is 18.8. The lowest BCUT2D eigenvalue weighted by atomic mass is 10.0. The van der Waals surface area contributed by atoms with Crippen molar-refractivity contribution in [1.82, 2.24) is 4.57 Å². The van der Waals surface area contributed by atoms with Crippen molar-refractivity contribution in [3.05, 3.63) is 96.1 Å². The lowest BCUT2D eigenvalue weighted by molar-refractivity contribution is 0.387. The normalized spacial score (nSPS) is 12.0. The Kier molecular flexibility index (Phi) is 5.46. The summed E-state index contributed by atoms with van der Waals surface area (Å²) in [6.07, 6.45) is 1.95. The largest absolute Gasteiger partial charge is 0.356 e. The van der Waals surface area contributed by atoms with Crippen LogP contribution in [0.3, 0.4) is 0 Å². The smallest absolute Gasteiger partial charge is 0.321 e. The maximum atomic E-state index is 11.5. The molecule has 1 aromatic heterocycles. The Morgan fingerprint density at radius 2 is 1.27 bits per heavy atom. The number of fused-ring (bicyclic) bond motifs is 3. The highest BCUT2D eigenvalue weighted by molar-refractivity contribution is 7.60. The third kappa shape index (κ3) is 3.91. The van der Waals surface area contributed by atoms with E-state index < -0.39 is 7.60 Å². The van der Waals surface area contributed by atoms with Crippen molar-refractivity contribution in [1.29, 1.82) is 0 Å². The zero-order valence-corrected chi connectivity index (χ0v) is 19.6. The zero-order valence-electron chi connectivity index (χ0n) is 18.7. The lowest BCUT2D eigenvalue weighted by Gasteiger charge is -2.12. The highest BCUT2D eigenvalue weighted by atomic mass is 31.2. The van der Waals surface area contributed by atoms with Crippen molar-refractivity contribution in [3.63, 3.8) is 0 Å². The average molecular weight is 455 g/mol. The molecule has 0 saturated heterocycles. The molecule has 0 saturated carbocycles. The van der Waals surface area contributed by atoms with Crippen molar-refractivity contribution in [3.8, 4) is 16.8 Å². The van der Waals surface area contributed by atoms with Crippen LogP contribution < -0.4 is 5.30 Å². The lowest BCUT2D eigenvalue weighted by Crippen LogP contribution is -2.02. The Morgan fingerprint density at radius 3 is 1.79 bits per heavy atom. The summed E-state index contributed by atoms with van der Waals surface area (Å²) in [7, 11) is -4.25. The van der Waals surface area contributed by atoms with Gasteiger partial charge < -0.3 is 14.4 Å². The average Bonchev–Trinajstić information content (AvgIpc) is 3.16. The fourth-order valence-electron chi connectivity index (χ4n) is 4.50. The summed E-state index contributed by atoms with van der Waals surface area (Å²) < 4.78 is 13.9. The fraction of sp³-hybridized carbons (Fsp3) is 0.143. The molecule has 0 aliphatic rings. The van der Waals surface area contributed by atoms with Crippen molar-refractivity contribution in [2.24, 2.45) is 0 Å². The highest BCUT2D eigenvalue weighted by Gasteiger charge is 2.17. The van der Waals surface area contributed by atoms with E-state index in [1.54, 1.807) is 12.1 Å². The van der Waals surface area contributed by atoms with Crippen molar-refractivity contribution >= 4 is 34.7 Å². The topological polar surface area (TPSA) is 62.5 Å². The van der Waals surface area contributed by atoms with Gasteiger partial charge in [-0.1, -0.05) is 62.4 Å². The first kappa shape index (κ1) is 21.7. The monoisotopic (exact) mass is 455 g/mol. The molecular weight excluding hydrogens is 429 g/mol. The van der Waals surface area contributed by atoms with Crippen LogP contribution in [-0.2, 0) is 17.4 Å². The molecule has 0 atom stereocenters. The van der Waals surface area contributed by atoms with E-state index in [1.165, 1.54) is 45.1 Å². The van der Waals surface area contributed by atoms with Crippen LogP contribution in [0.1, 0.15) is 25.0 Å². The van der Waals surface area contributed by atoms with E-state index in [1.807, 2.05) is 12.1 Å². The molecule has 1 heterocycles. The molecule has 0 bridgehead atoms. The summed E-state index contributed by atoms with van der Waals surface area (Å²) in [5.74, 6) is 0. The Labute approximate surface area is 193 Å². The van der Waals surface area contributed by atoms with Crippen molar-refractivity contribution in [2.45, 2.75) is 26.7 Å². The summed E-state index contributed by atoms with van der Waals surface area (Å²) in [6.45, 7) is 4.34. The predicted octanol–water partition coefficient (Wildman–Crippen LogP) is 6.38. The number of rotatable bonds is 5. The molecule has 5 rings (SSSR count). The van der Waals surface area contributed by atoms with Gasteiger partial charge in [-0.2, -0.15) is 0 Å². The summed E-state index contributed by atoms with van der Waals surface area (Å²) in [5, 5.41) is 2.51. The van der Waals surface area contributed by atoms with Gasteiger partial charge in [-0.05, 0) is 71.5 Å². The molecular formula is C28H26NO3P. The van der Waals surface area contributed by atoms with Gasteiger partial charge in [-0.15, -0.1) is 0 Å². The summed E-state index contributed by atoms with van der Waals surface area (Å²) in [5.41, 5.74) is 7.94. The third-order valence-electron chi connectivity index (χ3n) is 6.35. The zero-order chi connectivity index (χ0) is 23.2. The van der Waals surface area contributed by atoms with Crippen LogP contribution in [-0.4, -0.2) is 14.4 Å². The van der Waals surface area contributed by atoms with Gasteiger partial charge in [0.1, 0.15) is 0 Å². The highest BCUT2D eigenvalue weighted by Crippen LogP contribution is 2.36. The van der Waals surface area contributed by atoms with E-state index in [-0.39, 0.29) is 5.30 Å². The first-order chi connectivity index (χ1) is 15.9. The van der Waals surface area contributed by atoms with Crippen LogP contribution in [0.4, 0.5) is 0 Å². The molecule has 5 aromatic rings. The van der Waals surface area contributed by atoms with Crippen LogP contribution in [0.2, 0.25) is 0 Å². The summed E-state index contributed by atoms with van der Waals surface area (Å²) >= 11 is 0. The molecule has 4 aromatic carbocycles. The van der Waals surface area contributed by atoms with Crippen LogP contribution in [0.15, 0.2) is 84.9 Å². The van der Waals surface area contributed by atoms with Gasteiger partial charge in [-0.25, -0.2) is 0 Å². The Morgan fingerprint density at radius 1 is 0.697 bits per heavy atom. The molecule has 0 unspecified atom stereocenters. The van der Waals surface area contributed by atoms with E-state index in [4.69, 9.17) is 0 Å². The quantitative estimate of drug-likeness (QED) is 0.302. The van der Waals surface area contributed by atoms with E-state index in [0.717, 1.165) is 29.7 Å². The molecule has 0 amide bonds. The number of benzene rings is 4. The van der Waals surface area contributed by atoms with Crippen molar-refractivity contribution < 1.29 is 14.4 Å². The Balaban J connectivity index is 1.72. The molecule has 4 nitrogen and oxygen atoms in total. The number of nitrogens with zero attached hydrogens (tertiary/aromatic N) is 1. The van der Waals surface area contributed by atoms with Crippen LogP contribution in [0.25, 0.3) is 38.6 Å². The van der Waals surface area contributed by atoms with Gasteiger partial charge in [0.05, 0.1) is 16.3 Å². The maximum Gasteiger partial charge on any atom is 0.356 e. The Bertz CT molecular complexity index is 1470. The second-order valence-corrected chi connectivity index (χ2v) is 9.99. The van der Waals surface area contributed by atoms with Crippen molar-refractivity contribution in [2.75, 3.05) is 0 Å². The number of aromatic nitrogens is 1. The minimum Gasteiger partial charge on any atom is -0.321 e. The van der Waals surface area contributed by atoms with Gasteiger partial charge in [-0.3, -0.25) is 4.57 Å². The number of hydrogen-bond donors (Lipinski definition) is 2. The molecule has 0 aliphatic heterocycles. The molecule has 0 aliphatic carbocycles. The molecule has 0 spiro atoms. The third-order valence-corrected chi connectivity index (χ3v) is 7.32. The maximum absolute atomic E-state index is 11.5. The minimum atomic E-state index is -4.25. The first-order valence-electron chi connectivity index (χ1n) is 11.2. The number of hydrogen-bond acceptors (Lipinski definition) is 1. The second-order valence-electron chi connectivity index (χ2n) is 8.39. The SMILES string of the molecule is CCc1ccc2c3ccc(CC)cc3n(-c3cccc(-c4ccc(P(=O)(O)O)cc4)c3)c2c1. The summed E-state index contributed by atoms with van der Waals surface area (Å²) in [6, 6.07) is 28.3. The molecule has 0 radical (unpaired) electrons. The van der Waals surface area contributed by atoms with Crippen LogP contribution in [0, 0.1) is 0 Å². The standard InChI is InChI=1S/C28H26NO3P/c1-3-19-8-14-25-26-15-9-20(4-2)17-28(26)29(27(25)16-19)23-7-5-6-22(18-23)21-10-12-24(13-11-21)33(30,31)32/h5-18H,3-4H2,1-2H3,(H2,30,31,32). The fourth-order valence-corrected chi connectivity index (χ4v) is 5.04. The molecule has 33 heavy (non-hydrogen) atoms. The van der Waals surface area contributed by atoms with Crippen LogP contribution >= 0.6 is 7.60 Å². The molecule has 5 heteroatoms. The van der Waals surface area contributed by atoms with Gasteiger partial charge >= 0.3 is 7.60 Å². The molecule has 2 N–H and O–H groups in total. The minimum absolute atomic E-state index is 0.0315. The molecule has 166 valence electrons. The molecule has 0 fully saturated rings. The number of aryl methyl sites for hydroxylation is 2. The van der Waals surface area contributed by atoms with Gasteiger partial charge in [0.25, 0.3) is 0 Å². The van der Waals surface area contributed by atoms with E-state index >= 15 is 0 Å². The van der Waals surface area contributed by atoms with Gasteiger partial charge in [0.15, 0.2) is 0 Å². The van der Waals surface area contributed by atoms with Gasteiger partial charge in [0, 0.05) is 16.5 Å². The van der Waals surface area contributed by atoms with Crippen LogP contribution in [0.5, 0.6) is 0 Å². The second kappa shape index (κ2) is 8.31. The predicted molar refractivity (Wildman–Crippen MR) is 137 cm³/mol. The van der Waals surface area contributed by atoms with E-state index in [0.29, 0.717) is 0 Å². The van der Waals surface area contributed by atoms with Gasteiger partial charge in [0.2, 0.25) is 0 Å². The van der Waals surface area contributed by atoms with E-state index in [2.05, 4.69) is 66.9 Å². The Hall–Kier alpha value is -3.17. The first-order valence-corrected chi connectivity index (χ1v) is 12.8.